The van der Waals surface area contributed by atoms with Gasteiger partial charge in [0.2, 0.25) is 5.91 Å². The number of halogens is 2. The zero-order valence-electron chi connectivity index (χ0n) is 16.8. The van der Waals surface area contributed by atoms with E-state index >= 15 is 0 Å². The monoisotopic (exact) mass is 458 g/mol. The molecule has 1 aliphatic rings. The molecular formula is C22H20Cl2N4O3. The van der Waals surface area contributed by atoms with Gasteiger partial charge in [-0.25, -0.2) is 4.98 Å². The van der Waals surface area contributed by atoms with Crippen molar-refractivity contribution in [2.45, 2.75) is 20.0 Å². The van der Waals surface area contributed by atoms with Crippen molar-refractivity contribution in [1.29, 1.82) is 0 Å². The van der Waals surface area contributed by atoms with Crippen molar-refractivity contribution in [3.63, 3.8) is 0 Å². The lowest BCUT2D eigenvalue weighted by atomic mass is 10.0. The zero-order valence-corrected chi connectivity index (χ0v) is 18.3. The molecule has 31 heavy (non-hydrogen) atoms. The molecule has 1 saturated heterocycles. The SMILES string of the molecule is CC1CN(C(=O)Cn2c(=O)c(C(=O)NCc3ccc(Cl)cc3)cc3c(Cl)ccnc32)C1. The molecule has 0 spiro atoms. The first kappa shape index (κ1) is 21.3. The van der Waals surface area contributed by atoms with E-state index in [1.807, 2.05) is 0 Å². The second kappa shape index (κ2) is 8.69. The van der Waals surface area contributed by atoms with Crippen molar-refractivity contribution in [2.75, 3.05) is 13.1 Å². The topological polar surface area (TPSA) is 84.3 Å². The Morgan fingerprint density at radius 3 is 2.55 bits per heavy atom. The molecule has 0 aliphatic carbocycles. The maximum absolute atomic E-state index is 13.2. The number of carbonyl (C=O) groups is 2. The highest BCUT2D eigenvalue weighted by Crippen LogP contribution is 2.22. The first-order valence-corrected chi connectivity index (χ1v) is 10.6. The summed E-state index contributed by atoms with van der Waals surface area (Å²) in [6.07, 6.45) is 1.47. The number of nitrogens with zero attached hydrogens (tertiary/aromatic N) is 3. The van der Waals surface area contributed by atoms with Gasteiger partial charge in [0.1, 0.15) is 17.8 Å². The number of benzene rings is 1. The van der Waals surface area contributed by atoms with E-state index in [-0.39, 0.29) is 30.2 Å². The largest absolute Gasteiger partial charge is 0.348 e. The number of nitrogens with one attached hydrogen (secondary N) is 1. The molecule has 4 rings (SSSR count). The fourth-order valence-corrected chi connectivity index (χ4v) is 3.88. The van der Waals surface area contributed by atoms with Crippen LogP contribution in [0.4, 0.5) is 0 Å². The third-order valence-electron chi connectivity index (χ3n) is 5.26. The van der Waals surface area contributed by atoms with Gasteiger partial charge in [0, 0.05) is 36.2 Å². The fraction of sp³-hybridized carbons (Fsp3) is 0.273. The van der Waals surface area contributed by atoms with Crippen LogP contribution in [0, 0.1) is 5.92 Å². The van der Waals surface area contributed by atoms with Crippen LogP contribution in [0.1, 0.15) is 22.8 Å². The van der Waals surface area contributed by atoms with Crippen molar-refractivity contribution in [3.05, 3.63) is 74.1 Å². The summed E-state index contributed by atoms with van der Waals surface area (Å²) in [6, 6.07) is 10.0. The van der Waals surface area contributed by atoms with Gasteiger partial charge in [-0.15, -0.1) is 0 Å². The quantitative estimate of drug-likeness (QED) is 0.636. The van der Waals surface area contributed by atoms with Crippen molar-refractivity contribution in [1.82, 2.24) is 19.8 Å². The number of amides is 2. The van der Waals surface area contributed by atoms with Crippen LogP contribution in [0.25, 0.3) is 11.0 Å². The lowest BCUT2D eigenvalue weighted by molar-refractivity contribution is -0.137. The molecule has 0 unspecified atom stereocenters. The van der Waals surface area contributed by atoms with Gasteiger partial charge < -0.3 is 10.2 Å². The molecule has 1 aliphatic heterocycles. The van der Waals surface area contributed by atoms with E-state index in [2.05, 4.69) is 17.2 Å². The Morgan fingerprint density at radius 2 is 1.87 bits per heavy atom. The van der Waals surface area contributed by atoms with Crippen molar-refractivity contribution >= 4 is 46.0 Å². The maximum Gasteiger partial charge on any atom is 0.265 e. The number of fused-ring (bicyclic) bond motifs is 1. The standard InChI is InChI=1S/C22H20Cl2N4O3/c1-13-10-27(11-13)19(29)12-28-20-16(18(24)6-7-25-20)8-17(22(28)31)21(30)26-9-14-2-4-15(23)5-3-14/h2-8,13H,9-12H2,1H3,(H,26,30). The summed E-state index contributed by atoms with van der Waals surface area (Å²) in [7, 11) is 0. The number of carbonyl (C=O) groups excluding carboxylic acids is 2. The predicted molar refractivity (Wildman–Crippen MR) is 119 cm³/mol. The number of likely N-dealkylation sites (tertiary alicyclic amines) is 1. The van der Waals surface area contributed by atoms with Crippen LogP contribution in [0.3, 0.4) is 0 Å². The van der Waals surface area contributed by atoms with Gasteiger partial charge in [0.05, 0.1) is 5.02 Å². The van der Waals surface area contributed by atoms with Crippen LogP contribution in [-0.4, -0.2) is 39.4 Å². The molecule has 2 amide bonds. The van der Waals surface area contributed by atoms with Crippen molar-refractivity contribution in [2.24, 2.45) is 5.92 Å². The Kier molecular flexibility index (Phi) is 5.98. The normalized spacial score (nSPS) is 13.8. The van der Waals surface area contributed by atoms with E-state index in [9.17, 15) is 14.4 Å². The lowest BCUT2D eigenvalue weighted by Crippen LogP contribution is -2.50. The number of pyridine rings is 2. The second-order valence-corrected chi connectivity index (χ2v) is 8.54. The second-order valence-electron chi connectivity index (χ2n) is 7.69. The van der Waals surface area contributed by atoms with Crippen molar-refractivity contribution < 1.29 is 9.59 Å². The van der Waals surface area contributed by atoms with Crippen LogP contribution in [0.15, 0.2) is 47.4 Å². The Labute approximate surface area is 188 Å². The Hall–Kier alpha value is -2.90. The minimum atomic E-state index is -0.585. The average Bonchev–Trinajstić information content (AvgIpc) is 2.73. The van der Waals surface area contributed by atoms with Gasteiger partial charge in [-0.2, -0.15) is 0 Å². The summed E-state index contributed by atoms with van der Waals surface area (Å²) in [6.45, 7) is 3.38. The summed E-state index contributed by atoms with van der Waals surface area (Å²) < 4.78 is 1.23. The van der Waals surface area contributed by atoms with E-state index in [1.165, 1.54) is 16.8 Å². The predicted octanol–water partition coefficient (Wildman–Crippen LogP) is 3.11. The van der Waals surface area contributed by atoms with E-state index < -0.39 is 11.5 Å². The molecule has 7 nitrogen and oxygen atoms in total. The molecule has 0 bridgehead atoms. The van der Waals surface area contributed by atoms with E-state index in [0.717, 1.165) is 5.56 Å². The van der Waals surface area contributed by atoms with E-state index in [4.69, 9.17) is 23.2 Å². The molecule has 160 valence electrons. The minimum Gasteiger partial charge on any atom is -0.348 e. The number of hydrogen-bond donors (Lipinski definition) is 1. The van der Waals surface area contributed by atoms with Crippen LogP contribution in [0.2, 0.25) is 10.0 Å². The average molecular weight is 459 g/mol. The molecular weight excluding hydrogens is 439 g/mol. The van der Waals surface area contributed by atoms with Crippen LogP contribution in [-0.2, 0) is 17.9 Å². The smallest absolute Gasteiger partial charge is 0.265 e. The molecule has 3 heterocycles. The lowest BCUT2D eigenvalue weighted by Gasteiger charge is -2.37. The van der Waals surface area contributed by atoms with E-state index in [0.29, 0.717) is 34.4 Å². The molecule has 1 N–H and O–H groups in total. The molecule has 0 radical (unpaired) electrons. The summed E-state index contributed by atoms with van der Waals surface area (Å²) in [5.74, 6) is -0.308. The minimum absolute atomic E-state index is 0.0962. The first-order valence-electron chi connectivity index (χ1n) is 9.82. The molecule has 9 heteroatoms. The molecule has 0 atom stereocenters. The third kappa shape index (κ3) is 4.43. The number of aromatic nitrogens is 2. The Bertz CT molecular complexity index is 1220. The van der Waals surface area contributed by atoms with Crippen LogP contribution in [0.5, 0.6) is 0 Å². The van der Waals surface area contributed by atoms with Gasteiger partial charge in [-0.3, -0.25) is 19.0 Å². The molecule has 1 fully saturated rings. The summed E-state index contributed by atoms with van der Waals surface area (Å²) in [4.78, 5) is 44.5. The summed E-state index contributed by atoms with van der Waals surface area (Å²) in [5, 5.41) is 4.11. The van der Waals surface area contributed by atoms with Crippen LogP contribution < -0.4 is 10.9 Å². The number of rotatable bonds is 5. The third-order valence-corrected chi connectivity index (χ3v) is 5.84. The van der Waals surface area contributed by atoms with Gasteiger partial charge in [-0.1, -0.05) is 42.3 Å². The molecule has 1 aromatic carbocycles. The molecule has 0 saturated carbocycles. The summed E-state index contributed by atoms with van der Waals surface area (Å²) in [5.41, 5.74) is 0.424. The maximum atomic E-state index is 13.2. The van der Waals surface area contributed by atoms with Gasteiger partial charge in [0.15, 0.2) is 0 Å². The highest BCUT2D eigenvalue weighted by molar-refractivity contribution is 6.35. The van der Waals surface area contributed by atoms with Crippen LogP contribution >= 0.6 is 23.2 Å². The van der Waals surface area contributed by atoms with Gasteiger partial charge >= 0.3 is 0 Å². The highest BCUT2D eigenvalue weighted by Gasteiger charge is 2.28. The molecule has 2 aromatic heterocycles. The fourth-order valence-electron chi connectivity index (χ4n) is 3.56. The zero-order chi connectivity index (χ0) is 22.1. The number of hydrogen-bond acceptors (Lipinski definition) is 4. The first-order chi connectivity index (χ1) is 14.8. The van der Waals surface area contributed by atoms with Gasteiger partial charge in [-0.05, 0) is 35.7 Å². The van der Waals surface area contributed by atoms with Crippen molar-refractivity contribution in [3.8, 4) is 0 Å². The Balaban J connectivity index is 1.66. The molecule has 3 aromatic rings. The van der Waals surface area contributed by atoms with E-state index in [1.54, 1.807) is 35.2 Å². The van der Waals surface area contributed by atoms with Gasteiger partial charge in [0.25, 0.3) is 11.5 Å². The summed E-state index contributed by atoms with van der Waals surface area (Å²) >= 11 is 12.2. The highest BCUT2D eigenvalue weighted by atomic mass is 35.5. The Morgan fingerprint density at radius 1 is 1.16 bits per heavy atom.